The number of hydrogen-bond donors (Lipinski definition) is 0. The second-order valence-electron chi connectivity index (χ2n) is 12.3. The van der Waals surface area contributed by atoms with E-state index in [1.807, 2.05) is 50.5 Å². The minimum absolute atomic E-state index is 0.118. The molecule has 0 fully saturated rings. The number of nitrogens with zero attached hydrogens (tertiary/aromatic N) is 6. The van der Waals surface area contributed by atoms with Crippen LogP contribution in [0, 0.1) is 34.1 Å². The van der Waals surface area contributed by atoms with Gasteiger partial charge in [0.15, 0.2) is 0 Å². The van der Waals surface area contributed by atoms with E-state index in [-0.39, 0.29) is 21.2 Å². The van der Waals surface area contributed by atoms with E-state index < -0.39 is 0 Å². The van der Waals surface area contributed by atoms with E-state index in [9.17, 15) is 20.2 Å². The number of aromatic nitrogens is 4. The number of fused-ring (bicyclic) bond motifs is 6. The third kappa shape index (κ3) is 6.16. The Morgan fingerprint density at radius 1 is 0.543 bits per heavy atom. The van der Waals surface area contributed by atoms with Crippen molar-refractivity contribution in [2.45, 2.75) is 91.1 Å². The summed E-state index contributed by atoms with van der Waals surface area (Å²) >= 11 is 0. The lowest BCUT2D eigenvalue weighted by Crippen LogP contribution is -2.00. The van der Waals surface area contributed by atoms with Crippen molar-refractivity contribution in [3.05, 3.63) is 92.5 Å². The molecule has 4 heterocycles. The average molecular weight is 621 g/mol. The van der Waals surface area contributed by atoms with Crippen molar-refractivity contribution in [3.63, 3.8) is 0 Å². The van der Waals surface area contributed by atoms with E-state index in [0.717, 1.165) is 93.8 Å². The van der Waals surface area contributed by atoms with Crippen LogP contribution >= 0.6 is 0 Å². The van der Waals surface area contributed by atoms with Gasteiger partial charge in [0.05, 0.1) is 43.3 Å². The maximum Gasteiger partial charge on any atom is 0.271 e. The van der Waals surface area contributed by atoms with Crippen molar-refractivity contribution in [2.24, 2.45) is 0 Å². The van der Waals surface area contributed by atoms with Gasteiger partial charge in [-0.3, -0.25) is 30.2 Å². The maximum atomic E-state index is 11.4. The monoisotopic (exact) mass is 620 g/mol. The van der Waals surface area contributed by atoms with Gasteiger partial charge in [0.25, 0.3) is 11.4 Å². The summed E-state index contributed by atoms with van der Waals surface area (Å²) in [5, 5.41) is 27.1. The molecule has 0 saturated carbocycles. The molecule has 0 amide bonds. The predicted octanol–water partition coefficient (Wildman–Crippen LogP) is 9.73. The van der Waals surface area contributed by atoms with E-state index in [2.05, 4.69) is 19.1 Å². The van der Waals surface area contributed by atoms with Crippen LogP contribution in [0.5, 0.6) is 0 Å². The molecule has 0 atom stereocenters. The largest absolute Gasteiger partial charge is 0.339 e. The van der Waals surface area contributed by atoms with E-state index >= 15 is 0 Å². The van der Waals surface area contributed by atoms with Crippen LogP contribution in [0.25, 0.3) is 43.6 Å². The highest BCUT2D eigenvalue weighted by atomic mass is 16.6. The highest BCUT2D eigenvalue weighted by Crippen LogP contribution is 2.34. The van der Waals surface area contributed by atoms with Crippen molar-refractivity contribution >= 4 is 55.0 Å². The molecule has 0 aliphatic rings. The van der Waals surface area contributed by atoms with Crippen molar-refractivity contribution in [3.8, 4) is 0 Å². The zero-order valence-corrected chi connectivity index (χ0v) is 26.6. The zero-order chi connectivity index (χ0) is 32.2. The fourth-order valence-corrected chi connectivity index (χ4v) is 7.06. The smallest absolute Gasteiger partial charge is 0.271 e. The number of hydrogen-bond acceptors (Lipinski definition) is 6. The van der Waals surface area contributed by atoms with Gasteiger partial charge in [-0.1, -0.05) is 51.4 Å². The highest BCUT2D eigenvalue weighted by molar-refractivity contribution is 6.10. The Balaban J connectivity index is 0.944. The molecular formula is C36H40N6O4. The van der Waals surface area contributed by atoms with Crippen LogP contribution < -0.4 is 0 Å². The Kier molecular flexibility index (Phi) is 9.23. The van der Waals surface area contributed by atoms with Gasteiger partial charge < -0.3 is 9.13 Å². The molecule has 2 aromatic carbocycles. The lowest BCUT2D eigenvalue weighted by atomic mass is 10.1. The van der Waals surface area contributed by atoms with Crippen LogP contribution in [-0.2, 0) is 13.1 Å². The predicted molar refractivity (Wildman–Crippen MR) is 183 cm³/mol. The van der Waals surface area contributed by atoms with Crippen molar-refractivity contribution in [2.75, 3.05) is 0 Å². The molecule has 4 aromatic heterocycles. The normalized spacial score (nSPS) is 11.8. The van der Waals surface area contributed by atoms with E-state index in [0.29, 0.717) is 0 Å². The number of non-ortho nitro benzene ring substituents is 2. The van der Waals surface area contributed by atoms with Gasteiger partial charge in [0.2, 0.25) is 0 Å². The van der Waals surface area contributed by atoms with Crippen molar-refractivity contribution < 1.29 is 9.85 Å². The van der Waals surface area contributed by atoms with E-state index in [1.54, 1.807) is 24.3 Å². The van der Waals surface area contributed by atoms with Gasteiger partial charge in [0, 0.05) is 71.3 Å². The second-order valence-corrected chi connectivity index (χ2v) is 12.3. The van der Waals surface area contributed by atoms with Gasteiger partial charge in [-0.05, 0) is 51.0 Å². The molecule has 0 bridgehead atoms. The summed E-state index contributed by atoms with van der Waals surface area (Å²) in [6.45, 7) is 5.65. The molecule has 0 unspecified atom stereocenters. The summed E-state index contributed by atoms with van der Waals surface area (Å²) in [4.78, 5) is 31.2. The molecule has 0 aliphatic heterocycles. The fourth-order valence-electron chi connectivity index (χ4n) is 7.06. The Labute approximate surface area is 267 Å². The average Bonchev–Trinajstić information content (AvgIpc) is 3.54. The van der Waals surface area contributed by atoms with E-state index in [1.165, 1.54) is 38.5 Å². The zero-order valence-electron chi connectivity index (χ0n) is 26.6. The van der Waals surface area contributed by atoms with Gasteiger partial charge in [-0.2, -0.15) is 0 Å². The van der Waals surface area contributed by atoms with Crippen LogP contribution in [0.15, 0.2) is 60.9 Å². The van der Waals surface area contributed by atoms with Crippen molar-refractivity contribution in [1.29, 1.82) is 0 Å². The van der Waals surface area contributed by atoms with Crippen LogP contribution in [0.4, 0.5) is 11.4 Å². The summed E-state index contributed by atoms with van der Waals surface area (Å²) in [5.41, 5.74) is 6.09. The Hall–Kier alpha value is -4.86. The van der Waals surface area contributed by atoms with Gasteiger partial charge in [-0.15, -0.1) is 0 Å². The number of benzene rings is 2. The number of rotatable bonds is 15. The number of nitro benzene ring substituents is 2. The first kappa shape index (κ1) is 31.1. The summed E-state index contributed by atoms with van der Waals surface area (Å²) in [6.07, 6.45) is 15.2. The molecule has 0 saturated heterocycles. The first-order valence-corrected chi connectivity index (χ1v) is 16.4. The number of nitro groups is 2. The molecule has 6 rings (SSSR count). The van der Waals surface area contributed by atoms with Crippen LogP contribution in [0.3, 0.4) is 0 Å². The highest BCUT2D eigenvalue weighted by Gasteiger charge is 2.18. The van der Waals surface area contributed by atoms with Gasteiger partial charge in [0.1, 0.15) is 0 Å². The second kappa shape index (κ2) is 13.6. The molecule has 10 nitrogen and oxygen atoms in total. The summed E-state index contributed by atoms with van der Waals surface area (Å²) < 4.78 is 4.44. The first-order chi connectivity index (χ1) is 22.3. The minimum atomic E-state index is -0.327. The molecule has 0 N–H and O–H groups in total. The Morgan fingerprint density at radius 2 is 0.913 bits per heavy atom. The summed E-state index contributed by atoms with van der Waals surface area (Å²) in [6, 6.07) is 14.3. The van der Waals surface area contributed by atoms with E-state index in [4.69, 9.17) is 0 Å². The third-order valence-electron chi connectivity index (χ3n) is 9.31. The maximum absolute atomic E-state index is 11.4. The van der Waals surface area contributed by atoms with Gasteiger partial charge >= 0.3 is 0 Å². The molecule has 46 heavy (non-hydrogen) atoms. The Morgan fingerprint density at radius 3 is 1.28 bits per heavy atom. The number of aryl methyl sites for hydroxylation is 4. The van der Waals surface area contributed by atoms with Crippen molar-refractivity contribution in [1.82, 2.24) is 19.1 Å². The molecular weight excluding hydrogens is 580 g/mol. The molecule has 0 spiro atoms. The Bertz CT molecular complexity index is 1910. The quantitative estimate of drug-likeness (QED) is 0.0640. The van der Waals surface area contributed by atoms with Crippen LogP contribution in [0.1, 0.15) is 75.6 Å². The topological polar surface area (TPSA) is 122 Å². The number of unbranched alkanes of at least 4 members (excludes halogenated alkanes) is 9. The fraction of sp³-hybridized carbons (Fsp3) is 0.389. The number of pyridine rings is 2. The lowest BCUT2D eigenvalue weighted by Gasteiger charge is -2.09. The standard InChI is InChI=1S/C36H40N6O4/c1-25-35-31(17-19-37-25)29-15-13-27(41(43)44)23-33(29)39(35)21-11-9-7-5-3-4-6-8-10-12-22-40-34-24-28(42(45)46)14-16-30(34)32-18-20-38-26(2)36(32)40/h13-20,23-24H,3-12,21-22H2,1-2H3. The SMILES string of the molecule is Cc1nccc2c3ccc([N+](=O)[O-])cc3n(CCCCCCCCCCCCn3c4cc([N+](=O)[O-])ccc4c4ccnc(C)c43)c12. The summed E-state index contributed by atoms with van der Waals surface area (Å²) in [7, 11) is 0. The molecule has 0 aliphatic carbocycles. The molecule has 0 radical (unpaired) electrons. The van der Waals surface area contributed by atoms with Crippen LogP contribution in [-0.4, -0.2) is 28.9 Å². The van der Waals surface area contributed by atoms with Gasteiger partial charge in [-0.25, -0.2) is 0 Å². The molecule has 10 heteroatoms. The molecule has 6 aromatic rings. The third-order valence-corrected chi connectivity index (χ3v) is 9.31. The minimum Gasteiger partial charge on any atom is -0.339 e. The molecule has 238 valence electrons. The lowest BCUT2D eigenvalue weighted by molar-refractivity contribution is -0.384. The summed E-state index contributed by atoms with van der Waals surface area (Å²) in [5.74, 6) is 0. The first-order valence-electron chi connectivity index (χ1n) is 16.4. The van der Waals surface area contributed by atoms with Crippen LogP contribution in [0.2, 0.25) is 0 Å².